The Balaban J connectivity index is 1.42. The number of pyridine rings is 3. The number of hydrogen-bond donors (Lipinski definition) is 3. The molecule has 0 aliphatic heterocycles. The number of amides is 1. The molecule has 0 spiro atoms. The quantitative estimate of drug-likeness (QED) is 0.298. The molecule has 0 fully saturated rings. The van der Waals surface area contributed by atoms with E-state index in [4.69, 9.17) is 9.97 Å². The number of hydrogen-bond acceptors (Lipinski definition) is 6. The molecular weight excluding hydrogens is 471 g/mol. The average Bonchev–Trinajstić information content (AvgIpc) is 3.53. The van der Waals surface area contributed by atoms with E-state index < -0.39 is 0 Å². The maximum absolute atomic E-state index is 14.5. The van der Waals surface area contributed by atoms with E-state index in [1.165, 1.54) is 6.07 Å². The summed E-state index contributed by atoms with van der Waals surface area (Å²) in [6.07, 6.45) is 6.53. The van der Waals surface area contributed by atoms with Crippen molar-refractivity contribution in [2.24, 2.45) is 5.92 Å². The van der Waals surface area contributed by atoms with E-state index in [0.29, 0.717) is 50.6 Å². The summed E-state index contributed by atoms with van der Waals surface area (Å²) in [6, 6.07) is 12.1. The summed E-state index contributed by atoms with van der Waals surface area (Å²) in [5, 5.41) is 10.3. The van der Waals surface area contributed by atoms with Gasteiger partial charge in [-0.2, -0.15) is 5.10 Å². The molecule has 0 bridgehead atoms. The second kappa shape index (κ2) is 8.90. The van der Waals surface area contributed by atoms with Crippen LogP contribution in [0.1, 0.15) is 13.8 Å². The van der Waals surface area contributed by atoms with Crippen molar-refractivity contribution in [3.8, 4) is 33.9 Å². The first-order chi connectivity index (χ1) is 18.0. The number of nitrogens with one attached hydrogen (secondary N) is 3. The van der Waals surface area contributed by atoms with E-state index in [1.54, 1.807) is 43.0 Å². The van der Waals surface area contributed by atoms with Gasteiger partial charge in [-0.3, -0.25) is 19.9 Å². The lowest BCUT2D eigenvalue weighted by molar-refractivity contribution is -0.118. The van der Waals surface area contributed by atoms with Crippen LogP contribution in [0, 0.1) is 11.7 Å². The largest absolute Gasteiger partial charge is 0.335 e. The summed E-state index contributed by atoms with van der Waals surface area (Å²) in [5.41, 5.74) is 6.08. The number of benzene rings is 1. The molecule has 0 unspecified atom stereocenters. The van der Waals surface area contributed by atoms with Crippen molar-refractivity contribution in [1.29, 1.82) is 0 Å². The normalized spacial score (nSPS) is 11.5. The number of aromatic amines is 2. The molecule has 1 amide bonds. The smallest absolute Gasteiger partial charge is 0.226 e. The van der Waals surface area contributed by atoms with E-state index in [9.17, 15) is 9.18 Å². The lowest BCUT2D eigenvalue weighted by Crippen LogP contribution is -2.17. The van der Waals surface area contributed by atoms with Crippen molar-refractivity contribution in [3.63, 3.8) is 0 Å². The second-order valence-electron chi connectivity index (χ2n) is 8.92. The fraction of sp³-hybridized carbons (Fsp3) is 0.111. The van der Waals surface area contributed by atoms with E-state index in [-0.39, 0.29) is 17.6 Å². The predicted molar refractivity (Wildman–Crippen MR) is 139 cm³/mol. The Morgan fingerprint density at radius 1 is 0.919 bits per heavy atom. The van der Waals surface area contributed by atoms with Crippen molar-refractivity contribution >= 4 is 33.7 Å². The molecule has 5 heterocycles. The molecule has 37 heavy (non-hydrogen) atoms. The molecule has 6 aromatic rings. The molecule has 182 valence electrons. The Bertz CT molecular complexity index is 1790. The van der Waals surface area contributed by atoms with Crippen LogP contribution in [0.2, 0.25) is 0 Å². The summed E-state index contributed by atoms with van der Waals surface area (Å²) in [5.74, 6) is -0.107. The van der Waals surface area contributed by atoms with Gasteiger partial charge in [0, 0.05) is 35.0 Å². The maximum atomic E-state index is 14.5. The van der Waals surface area contributed by atoms with Crippen LogP contribution in [0.25, 0.3) is 56.0 Å². The summed E-state index contributed by atoms with van der Waals surface area (Å²) < 4.78 is 14.5. The Hall–Kier alpha value is -4.99. The first kappa shape index (κ1) is 22.5. The van der Waals surface area contributed by atoms with Crippen LogP contribution in [0.15, 0.2) is 67.3 Å². The van der Waals surface area contributed by atoms with Crippen LogP contribution in [0.3, 0.4) is 0 Å². The van der Waals surface area contributed by atoms with Gasteiger partial charge in [-0.15, -0.1) is 0 Å². The van der Waals surface area contributed by atoms with Gasteiger partial charge in [-0.1, -0.05) is 32.0 Å². The fourth-order valence-electron chi connectivity index (χ4n) is 4.08. The summed E-state index contributed by atoms with van der Waals surface area (Å²) in [6.45, 7) is 3.66. The third-order valence-corrected chi connectivity index (χ3v) is 6.02. The number of carbonyl (C=O) groups is 1. The van der Waals surface area contributed by atoms with E-state index in [1.807, 2.05) is 32.0 Å². The maximum Gasteiger partial charge on any atom is 0.226 e. The number of nitrogens with zero attached hydrogens (tertiary/aromatic N) is 5. The number of imidazole rings is 1. The molecule has 10 heteroatoms. The standard InChI is InChI=1S/C27H21FN8O/c1-14(2)27(37)31-16-9-15(10-29-11-16)20-7-8-21-24(32-20)25(36-35-21)26-33-22-13-30-12-18(23(22)34-26)17-5-3-4-6-19(17)28/h3-14H,1-2H3,(H,31,37)(H,33,34)(H,35,36). The molecular formula is C27H21FN8O. The van der Waals surface area contributed by atoms with Crippen LogP contribution in [-0.4, -0.2) is 41.0 Å². The highest BCUT2D eigenvalue weighted by Gasteiger charge is 2.18. The molecule has 0 saturated heterocycles. The van der Waals surface area contributed by atoms with E-state index in [0.717, 1.165) is 11.1 Å². The number of anilines is 1. The molecule has 5 aromatic heterocycles. The Kier molecular flexibility index (Phi) is 5.41. The zero-order chi connectivity index (χ0) is 25.5. The Morgan fingerprint density at radius 2 is 1.76 bits per heavy atom. The van der Waals surface area contributed by atoms with Crippen molar-refractivity contribution in [1.82, 2.24) is 35.1 Å². The topological polar surface area (TPSA) is 125 Å². The monoisotopic (exact) mass is 492 g/mol. The van der Waals surface area contributed by atoms with Gasteiger partial charge in [0.25, 0.3) is 0 Å². The highest BCUT2D eigenvalue weighted by molar-refractivity contribution is 5.96. The minimum Gasteiger partial charge on any atom is -0.335 e. The number of aromatic nitrogens is 7. The Morgan fingerprint density at radius 3 is 2.59 bits per heavy atom. The van der Waals surface area contributed by atoms with Gasteiger partial charge >= 0.3 is 0 Å². The number of fused-ring (bicyclic) bond motifs is 2. The first-order valence-corrected chi connectivity index (χ1v) is 11.7. The molecule has 6 rings (SSSR count). The zero-order valence-electron chi connectivity index (χ0n) is 20.0. The second-order valence-corrected chi connectivity index (χ2v) is 8.92. The van der Waals surface area contributed by atoms with Crippen molar-refractivity contribution < 1.29 is 9.18 Å². The zero-order valence-corrected chi connectivity index (χ0v) is 20.0. The van der Waals surface area contributed by atoms with Gasteiger partial charge < -0.3 is 10.3 Å². The van der Waals surface area contributed by atoms with Gasteiger partial charge in [0.15, 0.2) is 11.5 Å². The third-order valence-electron chi connectivity index (χ3n) is 6.02. The molecule has 1 aromatic carbocycles. The van der Waals surface area contributed by atoms with Gasteiger partial charge in [-0.25, -0.2) is 14.4 Å². The van der Waals surface area contributed by atoms with Crippen LogP contribution >= 0.6 is 0 Å². The van der Waals surface area contributed by atoms with Crippen LogP contribution < -0.4 is 5.32 Å². The van der Waals surface area contributed by atoms with Crippen molar-refractivity contribution in [2.75, 3.05) is 5.32 Å². The van der Waals surface area contributed by atoms with Gasteiger partial charge in [0.2, 0.25) is 5.91 Å². The van der Waals surface area contributed by atoms with Crippen LogP contribution in [0.4, 0.5) is 10.1 Å². The lowest BCUT2D eigenvalue weighted by Gasteiger charge is -2.08. The molecule has 0 aliphatic rings. The molecule has 0 atom stereocenters. The van der Waals surface area contributed by atoms with E-state index >= 15 is 0 Å². The number of carbonyl (C=O) groups excluding carboxylic acids is 1. The number of H-pyrrole nitrogens is 2. The van der Waals surface area contributed by atoms with Crippen LogP contribution in [0.5, 0.6) is 0 Å². The van der Waals surface area contributed by atoms with Gasteiger partial charge in [0.05, 0.1) is 34.8 Å². The summed E-state index contributed by atoms with van der Waals surface area (Å²) in [4.78, 5) is 33.4. The van der Waals surface area contributed by atoms with Gasteiger partial charge in [-0.05, 0) is 24.3 Å². The minimum atomic E-state index is -0.349. The van der Waals surface area contributed by atoms with Crippen LogP contribution in [-0.2, 0) is 4.79 Å². The molecule has 3 N–H and O–H groups in total. The SMILES string of the molecule is CC(C)C(=O)Nc1cncc(-c2ccc3[nH]nc(-c4nc5c(-c6ccccc6F)cncc5[nH]4)c3n2)c1. The third kappa shape index (κ3) is 4.08. The molecule has 0 radical (unpaired) electrons. The van der Waals surface area contributed by atoms with Gasteiger partial charge in [0.1, 0.15) is 16.9 Å². The number of rotatable bonds is 5. The highest BCUT2D eigenvalue weighted by atomic mass is 19.1. The molecule has 0 saturated carbocycles. The molecule has 0 aliphatic carbocycles. The predicted octanol–water partition coefficient (Wildman–Crippen LogP) is 5.36. The lowest BCUT2D eigenvalue weighted by atomic mass is 10.1. The van der Waals surface area contributed by atoms with E-state index in [2.05, 4.69) is 30.5 Å². The van der Waals surface area contributed by atoms with Crippen molar-refractivity contribution in [3.05, 3.63) is 73.1 Å². The minimum absolute atomic E-state index is 0.0892. The molecule has 9 nitrogen and oxygen atoms in total. The number of halogens is 1. The first-order valence-electron chi connectivity index (χ1n) is 11.7. The van der Waals surface area contributed by atoms with Crippen molar-refractivity contribution in [2.45, 2.75) is 13.8 Å². The fourth-order valence-corrected chi connectivity index (χ4v) is 4.08. The summed E-state index contributed by atoms with van der Waals surface area (Å²) >= 11 is 0. The highest BCUT2D eigenvalue weighted by Crippen LogP contribution is 2.32. The Labute approximate surface area is 210 Å². The summed E-state index contributed by atoms with van der Waals surface area (Å²) in [7, 11) is 0. The average molecular weight is 493 g/mol.